The molecule has 0 bridgehead atoms. The van der Waals surface area contributed by atoms with Gasteiger partial charge in [0.25, 0.3) is 5.91 Å². The Balaban J connectivity index is 1.73. The largest absolute Gasteiger partial charge is 0.481 e. The molecule has 35 heavy (non-hydrogen) atoms. The maximum atomic E-state index is 13.0. The molecular weight excluding hydrogens is 460 g/mol. The SMILES string of the molecule is CCCCCCN(C(C)=O)c1cc(C2=CSC3=NCCN23)c2c(c1)N(CCCCCC)C(=O)CO2. The van der Waals surface area contributed by atoms with Gasteiger partial charge in [-0.05, 0) is 25.0 Å². The van der Waals surface area contributed by atoms with Gasteiger partial charge in [-0.15, -0.1) is 0 Å². The van der Waals surface area contributed by atoms with Crippen molar-refractivity contribution in [1.82, 2.24) is 4.90 Å². The molecule has 1 aromatic carbocycles. The molecule has 1 aromatic rings. The highest BCUT2D eigenvalue weighted by atomic mass is 32.2. The van der Waals surface area contributed by atoms with Gasteiger partial charge in [-0.1, -0.05) is 64.1 Å². The van der Waals surface area contributed by atoms with E-state index in [4.69, 9.17) is 4.74 Å². The van der Waals surface area contributed by atoms with Gasteiger partial charge in [-0.25, -0.2) is 0 Å². The van der Waals surface area contributed by atoms with E-state index in [1.54, 1.807) is 18.7 Å². The van der Waals surface area contributed by atoms with E-state index in [9.17, 15) is 9.59 Å². The van der Waals surface area contributed by atoms with Crippen molar-refractivity contribution in [2.24, 2.45) is 4.99 Å². The first-order valence-corrected chi connectivity index (χ1v) is 14.0. The standard InChI is InChI=1S/C27H38N4O3S/c1-4-6-8-10-13-29(20(3)32)21-16-22(24-19-35-27-28-12-15-31(24)27)26-23(17-21)30(25(33)18-34-26)14-11-9-7-5-2/h16-17,19H,4-15,18H2,1-3H3. The van der Waals surface area contributed by atoms with Gasteiger partial charge >= 0.3 is 0 Å². The third-order valence-electron chi connectivity index (χ3n) is 6.79. The van der Waals surface area contributed by atoms with Gasteiger partial charge in [0, 0.05) is 43.2 Å². The fourth-order valence-electron chi connectivity index (χ4n) is 4.88. The van der Waals surface area contributed by atoms with Crippen LogP contribution in [0.25, 0.3) is 5.70 Å². The van der Waals surface area contributed by atoms with Crippen molar-refractivity contribution < 1.29 is 14.3 Å². The van der Waals surface area contributed by atoms with Crippen LogP contribution in [0.5, 0.6) is 5.75 Å². The van der Waals surface area contributed by atoms with E-state index < -0.39 is 0 Å². The molecule has 0 N–H and O–H groups in total. The zero-order chi connectivity index (χ0) is 24.8. The summed E-state index contributed by atoms with van der Waals surface area (Å²) in [6.07, 6.45) is 8.73. The summed E-state index contributed by atoms with van der Waals surface area (Å²) < 4.78 is 6.08. The summed E-state index contributed by atoms with van der Waals surface area (Å²) in [5, 5.41) is 3.12. The van der Waals surface area contributed by atoms with Gasteiger partial charge in [-0.2, -0.15) is 0 Å². The van der Waals surface area contributed by atoms with Gasteiger partial charge in [0.15, 0.2) is 17.5 Å². The number of anilines is 2. The van der Waals surface area contributed by atoms with Gasteiger partial charge in [0.05, 0.1) is 17.9 Å². The first-order valence-electron chi connectivity index (χ1n) is 13.1. The highest BCUT2D eigenvalue weighted by molar-refractivity contribution is 8.16. The monoisotopic (exact) mass is 498 g/mol. The zero-order valence-corrected chi connectivity index (χ0v) is 22.2. The number of fused-ring (bicyclic) bond motifs is 2. The average Bonchev–Trinajstić information content (AvgIpc) is 3.46. The van der Waals surface area contributed by atoms with Crippen molar-refractivity contribution in [1.29, 1.82) is 0 Å². The predicted molar refractivity (Wildman–Crippen MR) is 145 cm³/mol. The number of rotatable bonds is 12. The molecule has 0 unspecified atom stereocenters. The average molecular weight is 499 g/mol. The molecule has 3 heterocycles. The summed E-state index contributed by atoms with van der Waals surface area (Å²) in [7, 11) is 0. The topological polar surface area (TPSA) is 65.5 Å². The lowest BCUT2D eigenvalue weighted by atomic mass is 10.0. The lowest BCUT2D eigenvalue weighted by Crippen LogP contribution is -2.40. The highest BCUT2D eigenvalue weighted by Gasteiger charge is 2.34. The van der Waals surface area contributed by atoms with Crippen LogP contribution >= 0.6 is 11.8 Å². The fraction of sp³-hybridized carbons (Fsp3) is 0.593. The Morgan fingerprint density at radius 3 is 2.63 bits per heavy atom. The minimum Gasteiger partial charge on any atom is -0.481 e. The fourth-order valence-corrected chi connectivity index (χ4v) is 5.84. The second kappa shape index (κ2) is 12.0. The number of carbonyl (C=O) groups is 2. The molecule has 7 nitrogen and oxygen atoms in total. The van der Waals surface area contributed by atoms with Gasteiger partial charge in [-0.3, -0.25) is 14.6 Å². The van der Waals surface area contributed by atoms with Crippen LogP contribution in [0.1, 0.15) is 77.7 Å². The van der Waals surface area contributed by atoms with Crippen molar-refractivity contribution in [2.45, 2.75) is 72.1 Å². The Kier molecular flexibility index (Phi) is 8.76. The molecule has 0 radical (unpaired) electrons. The summed E-state index contributed by atoms with van der Waals surface area (Å²) in [5.41, 5.74) is 3.58. The molecule has 0 aromatic heterocycles. The normalized spacial score (nSPS) is 16.6. The first-order chi connectivity index (χ1) is 17.0. The zero-order valence-electron chi connectivity index (χ0n) is 21.3. The molecule has 0 fully saturated rings. The van der Waals surface area contributed by atoms with Crippen LogP contribution in [0.15, 0.2) is 22.5 Å². The van der Waals surface area contributed by atoms with Gasteiger partial charge in [0.2, 0.25) is 5.91 Å². The number of aliphatic imine (C=N–C) groups is 1. The number of amides is 2. The minimum absolute atomic E-state index is 0.0168. The van der Waals surface area contributed by atoms with Crippen molar-refractivity contribution in [2.75, 3.05) is 42.6 Å². The third-order valence-corrected chi connectivity index (χ3v) is 7.69. The molecule has 4 rings (SSSR count). The van der Waals surface area contributed by atoms with Crippen LogP contribution in [0.2, 0.25) is 0 Å². The van der Waals surface area contributed by atoms with Crippen LogP contribution in [-0.4, -0.2) is 54.7 Å². The highest BCUT2D eigenvalue weighted by Crippen LogP contribution is 2.46. The molecule has 0 atom stereocenters. The Morgan fingerprint density at radius 1 is 1.11 bits per heavy atom. The molecule has 0 spiro atoms. The maximum absolute atomic E-state index is 13.0. The molecule has 0 saturated heterocycles. The van der Waals surface area contributed by atoms with Gasteiger partial charge < -0.3 is 19.4 Å². The molecule has 190 valence electrons. The van der Waals surface area contributed by atoms with E-state index in [1.807, 2.05) is 15.9 Å². The quantitative estimate of drug-likeness (QED) is 0.349. The first kappa shape index (κ1) is 25.6. The second-order valence-electron chi connectivity index (χ2n) is 9.40. The maximum Gasteiger partial charge on any atom is 0.265 e. The molecule has 8 heteroatoms. The Hall–Kier alpha value is -2.48. The van der Waals surface area contributed by atoms with Crippen molar-refractivity contribution >= 4 is 45.8 Å². The van der Waals surface area contributed by atoms with E-state index in [0.29, 0.717) is 13.1 Å². The number of nitrogens with zero attached hydrogens (tertiary/aromatic N) is 4. The van der Waals surface area contributed by atoms with Crippen molar-refractivity contribution in [3.05, 3.63) is 23.1 Å². The lowest BCUT2D eigenvalue weighted by Gasteiger charge is -2.33. The van der Waals surface area contributed by atoms with Crippen LogP contribution in [-0.2, 0) is 9.59 Å². The summed E-state index contributed by atoms with van der Waals surface area (Å²) >= 11 is 1.62. The summed E-state index contributed by atoms with van der Waals surface area (Å²) in [4.78, 5) is 36.3. The van der Waals surface area contributed by atoms with E-state index >= 15 is 0 Å². The Bertz CT molecular complexity index is 1010. The number of unbranched alkanes of at least 4 members (excludes halogenated alkanes) is 6. The smallest absolute Gasteiger partial charge is 0.265 e. The minimum atomic E-state index is -0.0207. The van der Waals surface area contributed by atoms with Crippen molar-refractivity contribution in [3.8, 4) is 5.75 Å². The van der Waals surface area contributed by atoms with Crippen LogP contribution in [0.4, 0.5) is 11.4 Å². The molecular formula is C27H38N4O3S. The number of hydrogen-bond acceptors (Lipinski definition) is 6. The summed E-state index contributed by atoms with van der Waals surface area (Å²) in [6.45, 7) is 8.99. The number of thioether (sulfide) groups is 1. The number of ether oxygens (including phenoxy) is 1. The van der Waals surface area contributed by atoms with E-state index in [-0.39, 0.29) is 18.4 Å². The lowest BCUT2D eigenvalue weighted by molar-refractivity contribution is -0.121. The Morgan fingerprint density at radius 2 is 1.89 bits per heavy atom. The van der Waals surface area contributed by atoms with Crippen LogP contribution in [0, 0.1) is 0 Å². The summed E-state index contributed by atoms with van der Waals surface area (Å²) in [5.74, 6) is 0.731. The molecule has 3 aliphatic rings. The van der Waals surface area contributed by atoms with E-state index in [2.05, 4.69) is 35.2 Å². The van der Waals surface area contributed by atoms with E-state index in [1.165, 1.54) is 0 Å². The molecule has 0 saturated carbocycles. The van der Waals surface area contributed by atoms with Gasteiger partial charge in [0.1, 0.15) is 0 Å². The number of amidine groups is 1. The van der Waals surface area contributed by atoms with Crippen LogP contribution < -0.4 is 14.5 Å². The Labute approximate surface area is 213 Å². The number of hydrogen-bond donors (Lipinski definition) is 0. The number of benzene rings is 1. The summed E-state index contributed by atoms with van der Waals surface area (Å²) in [6, 6.07) is 4.05. The van der Waals surface area contributed by atoms with E-state index in [0.717, 1.165) is 98.0 Å². The number of carbonyl (C=O) groups excluding carboxylic acids is 2. The molecule has 3 aliphatic heterocycles. The predicted octanol–water partition coefficient (Wildman–Crippen LogP) is 5.64. The molecule has 0 aliphatic carbocycles. The second-order valence-corrected chi connectivity index (χ2v) is 10.2. The third kappa shape index (κ3) is 5.68. The van der Waals surface area contributed by atoms with Crippen molar-refractivity contribution in [3.63, 3.8) is 0 Å². The van der Waals surface area contributed by atoms with Crippen LogP contribution in [0.3, 0.4) is 0 Å². The molecule has 2 amide bonds.